The molecule has 0 aromatic heterocycles. The van der Waals surface area contributed by atoms with Crippen LogP contribution in [-0.2, 0) is 11.3 Å². The van der Waals surface area contributed by atoms with Crippen molar-refractivity contribution in [3.63, 3.8) is 0 Å². The van der Waals surface area contributed by atoms with Gasteiger partial charge < -0.3 is 10.2 Å². The van der Waals surface area contributed by atoms with E-state index in [1.807, 2.05) is 38.1 Å². The summed E-state index contributed by atoms with van der Waals surface area (Å²) >= 11 is 0. The van der Waals surface area contributed by atoms with Crippen molar-refractivity contribution in [1.82, 2.24) is 10.2 Å². The Balaban J connectivity index is 2.42. The lowest BCUT2D eigenvalue weighted by atomic mass is 9.97. The molecule has 0 bridgehead atoms. The lowest BCUT2D eigenvalue weighted by Crippen LogP contribution is -2.51. The number of hydrogen-bond acceptors (Lipinski definition) is 3. The van der Waals surface area contributed by atoms with E-state index in [4.69, 9.17) is 10.7 Å². The summed E-state index contributed by atoms with van der Waals surface area (Å²) in [5, 5.41) is 22.0. The van der Waals surface area contributed by atoms with Crippen molar-refractivity contribution in [2.24, 2.45) is 5.92 Å². The summed E-state index contributed by atoms with van der Waals surface area (Å²) in [5.74, 6) is -0.117. The molecule has 6 nitrogen and oxygen atoms in total. The number of nitriles is 1. The second-order valence-electron chi connectivity index (χ2n) is 5.19. The summed E-state index contributed by atoms with van der Waals surface area (Å²) in [6, 6.07) is 7.06. The number of fused-ring (bicyclic) bond motifs is 1. The zero-order valence-electron chi connectivity index (χ0n) is 12.2. The molecule has 0 aliphatic carbocycles. The monoisotopic (exact) mass is 285 g/mol. The average molecular weight is 285 g/mol. The predicted molar refractivity (Wildman–Crippen MR) is 80.3 cm³/mol. The topological polar surface area (TPSA) is 92.0 Å². The molecule has 21 heavy (non-hydrogen) atoms. The summed E-state index contributed by atoms with van der Waals surface area (Å²) in [4.78, 5) is 14.2. The number of rotatable bonds is 2. The van der Waals surface area contributed by atoms with Gasteiger partial charge in [-0.3, -0.25) is 15.5 Å². The largest absolute Gasteiger partial charge is 0.326 e. The third kappa shape index (κ3) is 2.97. The highest BCUT2D eigenvalue weighted by molar-refractivity contribution is 5.99. The molecule has 3 N–H and O–H groups in total. The van der Waals surface area contributed by atoms with Gasteiger partial charge in [-0.05, 0) is 17.5 Å². The van der Waals surface area contributed by atoms with Crippen molar-refractivity contribution < 1.29 is 4.79 Å². The van der Waals surface area contributed by atoms with Gasteiger partial charge >= 0.3 is 0 Å². The fourth-order valence-corrected chi connectivity index (χ4v) is 2.54. The van der Waals surface area contributed by atoms with Gasteiger partial charge in [0.15, 0.2) is 6.19 Å². The van der Waals surface area contributed by atoms with Gasteiger partial charge in [0.2, 0.25) is 11.9 Å². The Morgan fingerprint density at radius 1 is 1.62 bits per heavy atom. The number of carbonyl (C=O) groups is 1. The highest BCUT2D eigenvalue weighted by Gasteiger charge is 2.35. The number of anilines is 1. The zero-order valence-corrected chi connectivity index (χ0v) is 12.2. The van der Waals surface area contributed by atoms with Crippen molar-refractivity contribution >= 4 is 17.6 Å². The van der Waals surface area contributed by atoms with Gasteiger partial charge in [-0.1, -0.05) is 38.5 Å². The standard InChI is InChI=1S/C15H19N5O/c1-3-10(2)13-14(21)19-12-7-5-4-6-11(12)8-20(13)15(17)18-9-16/h4-7,10,13H,3,8H2,1-2H3,(H2,17,18)(H,19,21). The van der Waals surface area contributed by atoms with Gasteiger partial charge in [0.1, 0.15) is 6.04 Å². The third-order valence-electron chi connectivity index (χ3n) is 3.86. The lowest BCUT2D eigenvalue weighted by molar-refractivity contribution is -0.121. The van der Waals surface area contributed by atoms with Crippen molar-refractivity contribution in [2.75, 3.05) is 5.32 Å². The second kappa shape index (κ2) is 6.27. The first-order chi connectivity index (χ1) is 10.1. The van der Waals surface area contributed by atoms with Gasteiger partial charge in [-0.15, -0.1) is 0 Å². The first-order valence-electron chi connectivity index (χ1n) is 6.97. The van der Waals surface area contributed by atoms with Crippen molar-refractivity contribution in [1.29, 1.82) is 10.7 Å². The fourth-order valence-electron chi connectivity index (χ4n) is 2.54. The van der Waals surface area contributed by atoms with Crippen LogP contribution >= 0.6 is 0 Å². The van der Waals surface area contributed by atoms with E-state index >= 15 is 0 Å². The van der Waals surface area contributed by atoms with E-state index in [9.17, 15) is 4.79 Å². The van der Waals surface area contributed by atoms with Crippen LogP contribution < -0.4 is 10.6 Å². The number of benzene rings is 1. The van der Waals surface area contributed by atoms with Gasteiger partial charge in [0.05, 0.1) is 0 Å². The highest BCUT2D eigenvalue weighted by Crippen LogP contribution is 2.26. The van der Waals surface area contributed by atoms with Gasteiger partial charge in [0.25, 0.3) is 0 Å². The SMILES string of the molecule is CCC(C)C1C(=O)Nc2ccccc2CN1C(=N)NC#N. The molecule has 6 heteroatoms. The molecule has 0 fully saturated rings. The quantitative estimate of drug-likeness (QED) is 0.335. The molecular formula is C15H19N5O. The minimum Gasteiger partial charge on any atom is -0.326 e. The normalized spacial score (nSPS) is 18.8. The molecule has 1 heterocycles. The van der Waals surface area contributed by atoms with E-state index < -0.39 is 6.04 Å². The van der Waals surface area contributed by atoms with Crippen LogP contribution in [0.5, 0.6) is 0 Å². The molecule has 2 unspecified atom stereocenters. The van der Waals surface area contributed by atoms with Crippen molar-refractivity contribution in [2.45, 2.75) is 32.9 Å². The van der Waals surface area contributed by atoms with Crippen LogP contribution in [0, 0.1) is 22.8 Å². The Bertz CT molecular complexity index is 592. The minimum atomic E-state index is -0.476. The maximum absolute atomic E-state index is 12.5. The van der Waals surface area contributed by atoms with E-state index in [0.717, 1.165) is 17.7 Å². The molecule has 1 aromatic carbocycles. The Morgan fingerprint density at radius 2 is 2.33 bits per heavy atom. The fraction of sp³-hybridized carbons (Fsp3) is 0.400. The molecule has 0 radical (unpaired) electrons. The predicted octanol–water partition coefficient (Wildman–Crippen LogP) is 1.86. The van der Waals surface area contributed by atoms with E-state index in [0.29, 0.717) is 6.54 Å². The Kier molecular flexibility index (Phi) is 4.43. The number of guanidine groups is 1. The smallest absolute Gasteiger partial charge is 0.247 e. The van der Waals surface area contributed by atoms with Gasteiger partial charge in [-0.2, -0.15) is 5.26 Å². The molecule has 110 valence electrons. The van der Waals surface area contributed by atoms with Crippen LogP contribution in [0.4, 0.5) is 5.69 Å². The first kappa shape index (κ1) is 14.9. The highest BCUT2D eigenvalue weighted by atomic mass is 16.2. The van der Waals surface area contributed by atoms with Crippen molar-refractivity contribution in [3.8, 4) is 6.19 Å². The molecular weight excluding hydrogens is 266 g/mol. The molecule has 1 aliphatic heterocycles. The van der Waals surface area contributed by atoms with Crippen LogP contribution in [0.3, 0.4) is 0 Å². The van der Waals surface area contributed by atoms with E-state index in [1.54, 1.807) is 11.1 Å². The summed E-state index contributed by atoms with van der Waals surface area (Å²) < 4.78 is 0. The maximum Gasteiger partial charge on any atom is 0.247 e. The van der Waals surface area contributed by atoms with Crippen LogP contribution in [0.1, 0.15) is 25.8 Å². The number of nitrogens with one attached hydrogen (secondary N) is 3. The lowest BCUT2D eigenvalue weighted by Gasteiger charge is -2.33. The Hall–Kier alpha value is -2.55. The number of nitrogens with zero attached hydrogens (tertiary/aromatic N) is 2. The number of carbonyl (C=O) groups excluding carboxylic acids is 1. The van der Waals surface area contributed by atoms with E-state index in [-0.39, 0.29) is 17.8 Å². The van der Waals surface area contributed by atoms with Crippen molar-refractivity contribution in [3.05, 3.63) is 29.8 Å². The summed E-state index contributed by atoms with van der Waals surface area (Å²) in [6.45, 7) is 4.40. The van der Waals surface area contributed by atoms with Gasteiger partial charge in [-0.25, -0.2) is 0 Å². The van der Waals surface area contributed by atoms with Crippen LogP contribution in [0.25, 0.3) is 0 Å². The third-order valence-corrected chi connectivity index (χ3v) is 3.86. The zero-order chi connectivity index (χ0) is 15.4. The maximum atomic E-state index is 12.5. The molecule has 0 saturated heterocycles. The van der Waals surface area contributed by atoms with Crippen LogP contribution in [-0.4, -0.2) is 22.8 Å². The second-order valence-corrected chi connectivity index (χ2v) is 5.19. The molecule has 1 aromatic rings. The van der Waals surface area contributed by atoms with Gasteiger partial charge in [0, 0.05) is 12.2 Å². The first-order valence-corrected chi connectivity index (χ1v) is 6.97. The Labute approximate surface area is 124 Å². The molecule has 1 aliphatic rings. The average Bonchev–Trinajstić information content (AvgIpc) is 2.62. The van der Waals surface area contributed by atoms with E-state index in [2.05, 4.69) is 10.6 Å². The summed E-state index contributed by atoms with van der Waals surface area (Å²) in [5.41, 5.74) is 1.70. The molecule has 2 atom stereocenters. The molecule has 0 spiro atoms. The molecule has 0 saturated carbocycles. The Morgan fingerprint density at radius 3 is 3.00 bits per heavy atom. The molecule has 2 rings (SSSR count). The van der Waals surface area contributed by atoms with E-state index in [1.165, 1.54) is 0 Å². The number of amides is 1. The number of hydrogen-bond donors (Lipinski definition) is 3. The minimum absolute atomic E-state index is 0.0466. The van der Waals surface area contributed by atoms with Crippen LogP contribution in [0.2, 0.25) is 0 Å². The van der Waals surface area contributed by atoms with Crippen LogP contribution in [0.15, 0.2) is 24.3 Å². The number of para-hydroxylation sites is 1. The summed E-state index contributed by atoms with van der Waals surface area (Å²) in [6.07, 6.45) is 2.56. The summed E-state index contributed by atoms with van der Waals surface area (Å²) in [7, 11) is 0. The molecule has 1 amide bonds.